The van der Waals surface area contributed by atoms with E-state index in [0.29, 0.717) is 24.2 Å². The zero-order chi connectivity index (χ0) is 14.8. The van der Waals surface area contributed by atoms with Crippen molar-refractivity contribution >= 4 is 11.7 Å². The molecule has 108 valence electrons. The molecule has 21 heavy (non-hydrogen) atoms. The van der Waals surface area contributed by atoms with Crippen LogP contribution in [0, 0.1) is 6.92 Å². The minimum atomic E-state index is -0.194. The predicted molar refractivity (Wildman–Crippen MR) is 78.2 cm³/mol. The van der Waals surface area contributed by atoms with Crippen LogP contribution in [0.1, 0.15) is 50.6 Å². The molecule has 0 aliphatic heterocycles. The van der Waals surface area contributed by atoms with Crippen LogP contribution in [0.4, 0.5) is 0 Å². The highest BCUT2D eigenvalue weighted by molar-refractivity contribution is 6.04. The van der Waals surface area contributed by atoms with Gasteiger partial charge in [-0.2, -0.15) is 0 Å². The van der Waals surface area contributed by atoms with E-state index in [2.05, 4.69) is 15.3 Å². The average molecular weight is 283 g/mol. The molecular weight excluding hydrogens is 266 g/mol. The van der Waals surface area contributed by atoms with Gasteiger partial charge in [-0.15, -0.1) is 0 Å². The number of aryl methyl sites for hydroxylation is 1. The van der Waals surface area contributed by atoms with Crippen LogP contribution in [0.5, 0.6) is 0 Å². The Morgan fingerprint density at radius 1 is 1.38 bits per heavy atom. The Morgan fingerprint density at radius 3 is 2.95 bits per heavy atom. The van der Waals surface area contributed by atoms with Crippen molar-refractivity contribution in [3.05, 3.63) is 52.6 Å². The second kappa shape index (κ2) is 5.52. The van der Waals surface area contributed by atoms with Gasteiger partial charge in [0.15, 0.2) is 5.78 Å². The van der Waals surface area contributed by atoms with Gasteiger partial charge in [-0.1, -0.05) is 6.07 Å². The highest BCUT2D eigenvalue weighted by Crippen LogP contribution is 2.26. The smallest absolute Gasteiger partial charge is 0.268 e. The van der Waals surface area contributed by atoms with E-state index in [1.807, 2.05) is 25.1 Å². The SMILES string of the molecule is Cc1c(C(=O)NCc2ccccn2)[nH]c2c1C(=O)CCC2. The van der Waals surface area contributed by atoms with Gasteiger partial charge in [0.25, 0.3) is 5.91 Å². The van der Waals surface area contributed by atoms with Crippen molar-refractivity contribution in [1.82, 2.24) is 15.3 Å². The number of Topliss-reactive ketones (excluding diaryl/α,β-unsaturated/α-hetero) is 1. The third-order valence-corrected chi connectivity index (χ3v) is 3.82. The number of nitrogens with zero attached hydrogens (tertiary/aromatic N) is 1. The summed E-state index contributed by atoms with van der Waals surface area (Å²) in [5, 5.41) is 2.84. The standard InChI is InChI=1S/C16H17N3O2/c1-10-14-12(6-4-7-13(14)20)19-15(10)16(21)18-9-11-5-2-3-8-17-11/h2-3,5,8,19H,4,6-7,9H2,1H3,(H,18,21). The summed E-state index contributed by atoms with van der Waals surface area (Å²) >= 11 is 0. The monoisotopic (exact) mass is 283 g/mol. The average Bonchev–Trinajstić information content (AvgIpc) is 2.84. The molecule has 3 rings (SSSR count). The molecule has 0 atom stereocenters. The van der Waals surface area contributed by atoms with Crippen LogP contribution in [-0.2, 0) is 13.0 Å². The molecule has 1 aliphatic rings. The summed E-state index contributed by atoms with van der Waals surface area (Å²) in [5.41, 5.74) is 3.66. The molecule has 2 heterocycles. The number of hydrogen-bond acceptors (Lipinski definition) is 3. The summed E-state index contributed by atoms with van der Waals surface area (Å²) in [4.78, 5) is 31.5. The van der Waals surface area contributed by atoms with Crippen molar-refractivity contribution in [2.45, 2.75) is 32.7 Å². The molecule has 0 saturated heterocycles. The van der Waals surface area contributed by atoms with Crippen LogP contribution >= 0.6 is 0 Å². The van der Waals surface area contributed by atoms with Crippen molar-refractivity contribution in [3.63, 3.8) is 0 Å². The minimum Gasteiger partial charge on any atom is -0.354 e. The lowest BCUT2D eigenvalue weighted by atomic mass is 9.94. The van der Waals surface area contributed by atoms with Crippen LogP contribution in [0.2, 0.25) is 0 Å². The lowest BCUT2D eigenvalue weighted by Crippen LogP contribution is -2.24. The summed E-state index contributed by atoms with van der Waals surface area (Å²) in [7, 11) is 0. The van der Waals surface area contributed by atoms with Crippen LogP contribution < -0.4 is 5.32 Å². The number of carbonyl (C=O) groups is 2. The maximum Gasteiger partial charge on any atom is 0.268 e. The third kappa shape index (κ3) is 2.59. The summed E-state index contributed by atoms with van der Waals surface area (Å²) in [5.74, 6) is -0.0610. The fraction of sp³-hybridized carbons (Fsp3) is 0.312. The van der Waals surface area contributed by atoms with Crippen LogP contribution in [0.25, 0.3) is 0 Å². The first-order chi connectivity index (χ1) is 10.2. The number of ketones is 1. The van der Waals surface area contributed by atoms with E-state index in [4.69, 9.17) is 0 Å². The summed E-state index contributed by atoms with van der Waals surface area (Å²) in [6.45, 7) is 2.20. The molecule has 5 heteroatoms. The normalized spacial score (nSPS) is 13.9. The maximum absolute atomic E-state index is 12.3. The highest BCUT2D eigenvalue weighted by atomic mass is 16.2. The van der Waals surface area contributed by atoms with Gasteiger partial charge in [-0.3, -0.25) is 14.6 Å². The summed E-state index contributed by atoms with van der Waals surface area (Å²) in [6.07, 6.45) is 3.94. The van der Waals surface area contributed by atoms with Gasteiger partial charge in [0, 0.05) is 23.9 Å². The minimum absolute atomic E-state index is 0.133. The Morgan fingerprint density at radius 2 is 2.24 bits per heavy atom. The number of aromatic amines is 1. The number of amides is 1. The quantitative estimate of drug-likeness (QED) is 0.906. The van der Waals surface area contributed by atoms with Crippen molar-refractivity contribution in [2.75, 3.05) is 0 Å². The van der Waals surface area contributed by atoms with Crippen molar-refractivity contribution < 1.29 is 9.59 Å². The van der Waals surface area contributed by atoms with Gasteiger partial charge in [0.2, 0.25) is 0 Å². The number of fused-ring (bicyclic) bond motifs is 1. The zero-order valence-electron chi connectivity index (χ0n) is 11.9. The molecular formula is C16H17N3O2. The van der Waals surface area contributed by atoms with E-state index in [1.54, 1.807) is 6.20 Å². The van der Waals surface area contributed by atoms with Crippen LogP contribution in [0.3, 0.4) is 0 Å². The number of H-pyrrole nitrogens is 1. The lowest BCUT2D eigenvalue weighted by Gasteiger charge is -2.09. The molecule has 1 aliphatic carbocycles. The molecule has 0 radical (unpaired) electrons. The molecule has 2 N–H and O–H groups in total. The highest BCUT2D eigenvalue weighted by Gasteiger charge is 2.26. The number of rotatable bonds is 3. The second-order valence-corrected chi connectivity index (χ2v) is 5.26. The Bertz CT molecular complexity index is 689. The molecule has 0 saturated carbocycles. The molecule has 0 unspecified atom stereocenters. The van der Waals surface area contributed by atoms with Gasteiger partial charge < -0.3 is 10.3 Å². The predicted octanol–water partition coefficient (Wildman–Crippen LogP) is 2.17. The fourth-order valence-corrected chi connectivity index (χ4v) is 2.76. The largest absolute Gasteiger partial charge is 0.354 e. The Hall–Kier alpha value is -2.43. The van der Waals surface area contributed by atoms with Gasteiger partial charge in [0.05, 0.1) is 12.2 Å². The first kappa shape index (κ1) is 13.5. The maximum atomic E-state index is 12.3. The Labute approximate surface area is 122 Å². The zero-order valence-corrected chi connectivity index (χ0v) is 11.9. The molecule has 0 fully saturated rings. The number of aromatic nitrogens is 2. The third-order valence-electron chi connectivity index (χ3n) is 3.82. The van der Waals surface area contributed by atoms with E-state index in [0.717, 1.165) is 29.8 Å². The molecule has 2 aromatic heterocycles. The number of hydrogen-bond donors (Lipinski definition) is 2. The van der Waals surface area contributed by atoms with E-state index in [9.17, 15) is 9.59 Å². The van der Waals surface area contributed by atoms with E-state index in [-0.39, 0.29) is 11.7 Å². The van der Waals surface area contributed by atoms with Gasteiger partial charge in [0.1, 0.15) is 5.69 Å². The van der Waals surface area contributed by atoms with E-state index in [1.165, 1.54) is 0 Å². The molecule has 0 aromatic carbocycles. The number of nitrogens with one attached hydrogen (secondary N) is 2. The van der Waals surface area contributed by atoms with Crippen LogP contribution in [-0.4, -0.2) is 21.7 Å². The van der Waals surface area contributed by atoms with Gasteiger partial charge in [-0.05, 0) is 37.5 Å². The van der Waals surface area contributed by atoms with Gasteiger partial charge >= 0.3 is 0 Å². The van der Waals surface area contributed by atoms with E-state index >= 15 is 0 Å². The van der Waals surface area contributed by atoms with Gasteiger partial charge in [-0.25, -0.2) is 0 Å². The number of carbonyl (C=O) groups excluding carboxylic acids is 2. The molecule has 0 bridgehead atoms. The second-order valence-electron chi connectivity index (χ2n) is 5.26. The first-order valence-electron chi connectivity index (χ1n) is 7.09. The number of pyridine rings is 1. The fourth-order valence-electron chi connectivity index (χ4n) is 2.76. The molecule has 2 aromatic rings. The first-order valence-corrected chi connectivity index (χ1v) is 7.09. The Balaban J connectivity index is 1.78. The van der Waals surface area contributed by atoms with Crippen molar-refractivity contribution in [2.24, 2.45) is 0 Å². The van der Waals surface area contributed by atoms with Crippen molar-refractivity contribution in [1.29, 1.82) is 0 Å². The summed E-state index contributed by atoms with van der Waals surface area (Å²) < 4.78 is 0. The Kier molecular flexibility index (Phi) is 3.56. The topological polar surface area (TPSA) is 74.8 Å². The molecule has 0 spiro atoms. The molecule has 5 nitrogen and oxygen atoms in total. The summed E-state index contributed by atoms with van der Waals surface area (Å²) in [6, 6.07) is 5.57. The van der Waals surface area contributed by atoms with E-state index < -0.39 is 0 Å². The lowest BCUT2D eigenvalue weighted by molar-refractivity contribution is 0.0944. The molecule has 1 amide bonds. The van der Waals surface area contributed by atoms with Crippen LogP contribution in [0.15, 0.2) is 24.4 Å². The van der Waals surface area contributed by atoms with Crippen molar-refractivity contribution in [3.8, 4) is 0 Å².